The van der Waals surface area contributed by atoms with E-state index >= 15 is 0 Å². The van der Waals surface area contributed by atoms with E-state index in [1.54, 1.807) is 45.0 Å². The molecule has 0 saturated carbocycles. The summed E-state index contributed by atoms with van der Waals surface area (Å²) >= 11 is 11.3. The molecule has 0 N–H and O–H groups in total. The van der Waals surface area contributed by atoms with Gasteiger partial charge in [0.15, 0.2) is 0 Å². The number of carbonyl (C=O) groups excluding carboxylic acids is 2. The zero-order valence-corrected chi connectivity index (χ0v) is 19.1. The topological polar surface area (TPSA) is 65.1 Å². The number of carbonyl (C=O) groups is 2. The van der Waals surface area contributed by atoms with Crippen molar-refractivity contribution in [3.8, 4) is 5.75 Å². The number of ether oxygens (including phenoxy) is 3. The number of rotatable bonds is 3. The standard InChI is InChI=1S/C23H24ClNO5S/c1-23(2,3)30-21(27)25-14-19(29-22(31)28-17-7-5-4-6-8-17)18(13-20(25)26)15-9-11-16(24)12-10-15/h4-12,18-19H,13-14H2,1-3H3/t18-,19+/m1/s1. The highest BCUT2D eigenvalue weighted by Gasteiger charge is 2.41. The van der Waals surface area contributed by atoms with Gasteiger partial charge >= 0.3 is 11.3 Å². The van der Waals surface area contributed by atoms with Crippen molar-refractivity contribution in [2.75, 3.05) is 6.54 Å². The van der Waals surface area contributed by atoms with E-state index in [0.29, 0.717) is 10.8 Å². The molecule has 164 valence electrons. The Hall–Kier alpha value is -2.64. The molecule has 0 aliphatic carbocycles. The molecule has 2 aromatic carbocycles. The lowest BCUT2D eigenvalue weighted by atomic mass is 9.86. The summed E-state index contributed by atoms with van der Waals surface area (Å²) in [6.07, 6.45) is -1.27. The summed E-state index contributed by atoms with van der Waals surface area (Å²) in [7, 11) is 0. The van der Waals surface area contributed by atoms with Gasteiger partial charge in [0, 0.05) is 29.6 Å². The number of benzene rings is 2. The first-order valence-electron chi connectivity index (χ1n) is 9.85. The summed E-state index contributed by atoms with van der Waals surface area (Å²) in [5.74, 6) is -0.142. The normalized spacial score (nSPS) is 19.0. The molecule has 2 amide bonds. The molecule has 3 rings (SSSR count). The van der Waals surface area contributed by atoms with E-state index in [2.05, 4.69) is 0 Å². The van der Waals surface area contributed by atoms with Gasteiger partial charge < -0.3 is 14.2 Å². The number of halogens is 1. The first-order valence-corrected chi connectivity index (χ1v) is 10.6. The van der Waals surface area contributed by atoms with Gasteiger partial charge in [-0.2, -0.15) is 0 Å². The van der Waals surface area contributed by atoms with Gasteiger partial charge in [0.25, 0.3) is 0 Å². The van der Waals surface area contributed by atoms with Crippen LogP contribution in [0.3, 0.4) is 0 Å². The first kappa shape index (κ1) is 23.0. The van der Waals surface area contributed by atoms with Crippen LogP contribution >= 0.6 is 23.8 Å². The van der Waals surface area contributed by atoms with E-state index in [1.807, 2.05) is 30.3 Å². The number of nitrogens with zero attached hydrogens (tertiary/aromatic N) is 1. The fourth-order valence-corrected chi connectivity index (χ4v) is 3.57. The molecule has 8 heteroatoms. The molecule has 1 aliphatic rings. The van der Waals surface area contributed by atoms with Gasteiger partial charge in [-0.25, -0.2) is 9.69 Å². The second-order valence-electron chi connectivity index (χ2n) is 8.17. The average Bonchev–Trinajstić information content (AvgIpc) is 2.69. The summed E-state index contributed by atoms with van der Waals surface area (Å²) in [6, 6.07) is 16.2. The molecule has 0 unspecified atom stereocenters. The predicted octanol–water partition coefficient (Wildman–Crippen LogP) is 5.34. The van der Waals surface area contributed by atoms with Crippen molar-refractivity contribution in [3.63, 3.8) is 0 Å². The molecule has 1 heterocycles. The van der Waals surface area contributed by atoms with Crippen LogP contribution in [0.2, 0.25) is 5.02 Å². The lowest BCUT2D eigenvalue weighted by molar-refractivity contribution is -0.136. The number of likely N-dealkylation sites (tertiary alicyclic amines) is 1. The molecule has 1 aliphatic heterocycles. The number of hydrogen-bond acceptors (Lipinski definition) is 6. The highest BCUT2D eigenvalue weighted by atomic mass is 35.5. The van der Waals surface area contributed by atoms with E-state index < -0.39 is 17.8 Å². The minimum absolute atomic E-state index is 0.0146. The van der Waals surface area contributed by atoms with E-state index in [0.717, 1.165) is 10.5 Å². The smallest absolute Gasteiger partial charge is 0.417 e. The van der Waals surface area contributed by atoms with E-state index in [4.69, 9.17) is 38.0 Å². The average molecular weight is 462 g/mol. The van der Waals surface area contributed by atoms with Gasteiger partial charge in [0.2, 0.25) is 5.91 Å². The summed E-state index contributed by atoms with van der Waals surface area (Å²) in [6.45, 7) is 5.21. The molecule has 2 aromatic rings. The van der Waals surface area contributed by atoms with Crippen molar-refractivity contribution in [3.05, 3.63) is 65.2 Å². The van der Waals surface area contributed by atoms with Gasteiger partial charge in [-0.3, -0.25) is 4.79 Å². The van der Waals surface area contributed by atoms with E-state index in [-0.39, 0.29) is 30.0 Å². The van der Waals surface area contributed by atoms with E-state index in [1.165, 1.54) is 0 Å². The third kappa shape index (κ3) is 6.42. The minimum atomic E-state index is -0.730. The van der Waals surface area contributed by atoms with Crippen LogP contribution in [0.25, 0.3) is 0 Å². The number of piperidine rings is 1. The van der Waals surface area contributed by atoms with Crippen LogP contribution in [0.15, 0.2) is 54.6 Å². The Morgan fingerprint density at radius 2 is 1.74 bits per heavy atom. The SMILES string of the molecule is CC(C)(C)OC(=O)N1C[C@H](OC(=S)Oc2ccccc2)[C@@H](c2ccc(Cl)cc2)CC1=O. The second kappa shape index (κ2) is 9.66. The van der Waals surface area contributed by atoms with Crippen molar-refractivity contribution in [1.82, 2.24) is 4.90 Å². The minimum Gasteiger partial charge on any atom is -0.451 e. The molecule has 0 spiro atoms. The molecule has 1 fully saturated rings. The van der Waals surface area contributed by atoms with Crippen LogP contribution in [-0.2, 0) is 14.3 Å². The van der Waals surface area contributed by atoms with Crippen LogP contribution in [0.1, 0.15) is 38.7 Å². The van der Waals surface area contributed by atoms with Crippen molar-refractivity contribution in [1.29, 1.82) is 0 Å². The van der Waals surface area contributed by atoms with Crippen molar-refractivity contribution < 1.29 is 23.8 Å². The van der Waals surface area contributed by atoms with Gasteiger partial charge in [-0.1, -0.05) is 41.9 Å². The molecule has 0 bridgehead atoms. The Labute approximate surface area is 192 Å². The van der Waals surface area contributed by atoms with Crippen molar-refractivity contribution >= 4 is 41.1 Å². The van der Waals surface area contributed by atoms with Gasteiger partial charge in [0.1, 0.15) is 17.5 Å². The third-order valence-corrected chi connectivity index (χ3v) is 5.04. The molecule has 2 atom stereocenters. The zero-order chi connectivity index (χ0) is 22.6. The maximum absolute atomic E-state index is 12.8. The zero-order valence-electron chi connectivity index (χ0n) is 17.5. The quantitative estimate of drug-likeness (QED) is 0.575. The monoisotopic (exact) mass is 461 g/mol. The largest absolute Gasteiger partial charge is 0.451 e. The lowest BCUT2D eigenvalue weighted by Gasteiger charge is -2.37. The lowest BCUT2D eigenvalue weighted by Crippen LogP contribution is -2.52. The summed E-state index contributed by atoms with van der Waals surface area (Å²) in [4.78, 5) is 26.4. The molecule has 31 heavy (non-hydrogen) atoms. The first-order chi connectivity index (χ1) is 14.6. The van der Waals surface area contributed by atoms with Crippen molar-refractivity contribution in [2.45, 2.75) is 44.8 Å². The van der Waals surface area contributed by atoms with Crippen LogP contribution in [0.4, 0.5) is 4.79 Å². The highest BCUT2D eigenvalue weighted by Crippen LogP contribution is 2.33. The Bertz CT molecular complexity index is 943. The number of amides is 2. The fraction of sp³-hybridized carbons (Fsp3) is 0.348. The molecular weight excluding hydrogens is 438 g/mol. The number of imide groups is 1. The van der Waals surface area contributed by atoms with Crippen LogP contribution in [0, 0.1) is 0 Å². The van der Waals surface area contributed by atoms with Gasteiger partial charge in [-0.15, -0.1) is 0 Å². The Morgan fingerprint density at radius 3 is 2.35 bits per heavy atom. The maximum atomic E-state index is 12.8. The third-order valence-electron chi connectivity index (χ3n) is 4.61. The molecule has 6 nitrogen and oxygen atoms in total. The fourth-order valence-electron chi connectivity index (χ4n) is 3.23. The predicted molar refractivity (Wildman–Crippen MR) is 121 cm³/mol. The Morgan fingerprint density at radius 1 is 1.10 bits per heavy atom. The number of thiocarbonyl (C=S) groups is 1. The van der Waals surface area contributed by atoms with E-state index in [9.17, 15) is 9.59 Å². The number of para-hydroxylation sites is 1. The van der Waals surface area contributed by atoms with Gasteiger partial charge in [0.05, 0.1) is 6.54 Å². The second-order valence-corrected chi connectivity index (χ2v) is 8.94. The van der Waals surface area contributed by atoms with Crippen LogP contribution in [0.5, 0.6) is 5.75 Å². The molecule has 0 radical (unpaired) electrons. The molecule has 0 aromatic heterocycles. The summed E-state index contributed by atoms with van der Waals surface area (Å²) in [5, 5.41) is 0.496. The Kier molecular flexibility index (Phi) is 7.18. The highest BCUT2D eigenvalue weighted by molar-refractivity contribution is 7.79. The van der Waals surface area contributed by atoms with Gasteiger partial charge in [-0.05, 0) is 50.6 Å². The molecule has 1 saturated heterocycles. The van der Waals surface area contributed by atoms with Crippen LogP contribution < -0.4 is 4.74 Å². The Balaban J connectivity index is 1.81. The maximum Gasteiger partial charge on any atom is 0.417 e. The van der Waals surface area contributed by atoms with Crippen LogP contribution in [-0.4, -0.2) is 40.4 Å². The van der Waals surface area contributed by atoms with Crippen molar-refractivity contribution in [2.24, 2.45) is 0 Å². The number of hydrogen-bond donors (Lipinski definition) is 0. The molecular formula is C23H24ClNO5S. The summed E-state index contributed by atoms with van der Waals surface area (Å²) < 4.78 is 16.9. The summed E-state index contributed by atoms with van der Waals surface area (Å²) in [5.41, 5.74) is 0.126.